The van der Waals surface area contributed by atoms with Crippen molar-refractivity contribution in [3.63, 3.8) is 0 Å². The van der Waals surface area contributed by atoms with E-state index in [0.29, 0.717) is 18.9 Å². The Morgan fingerprint density at radius 2 is 2.12 bits per heavy atom. The third kappa shape index (κ3) is 2.36. The van der Waals surface area contributed by atoms with Crippen LogP contribution in [0.25, 0.3) is 0 Å². The van der Waals surface area contributed by atoms with Crippen molar-refractivity contribution < 1.29 is 9.26 Å². The maximum atomic E-state index is 11.5. The molecule has 3 N–H and O–H groups in total. The van der Waals surface area contributed by atoms with Crippen LogP contribution in [0.5, 0.6) is 0 Å². The highest BCUT2D eigenvalue weighted by atomic mass is 16.5. The first-order valence-electron chi connectivity index (χ1n) is 5.81. The molecule has 0 spiro atoms. The van der Waals surface area contributed by atoms with Crippen LogP contribution in [-0.4, -0.2) is 24.9 Å². The molecule has 16 heavy (non-hydrogen) atoms. The second-order valence-electron chi connectivity index (χ2n) is 4.16. The fourth-order valence-corrected chi connectivity index (χ4v) is 2.17. The zero-order chi connectivity index (χ0) is 11.4. The summed E-state index contributed by atoms with van der Waals surface area (Å²) in [6.45, 7) is 2.11. The Kier molecular flexibility index (Phi) is 3.79. The van der Waals surface area contributed by atoms with Gasteiger partial charge in [0.1, 0.15) is 0 Å². The van der Waals surface area contributed by atoms with Crippen LogP contribution < -0.4 is 11.4 Å². The monoisotopic (exact) mass is 226 g/mol. The quantitative estimate of drug-likeness (QED) is 0.794. The summed E-state index contributed by atoms with van der Waals surface area (Å²) < 4.78 is 10.2. The summed E-state index contributed by atoms with van der Waals surface area (Å²) in [5.41, 5.74) is 6.96. The molecule has 1 aliphatic rings. The molecule has 5 heteroatoms. The molecule has 1 fully saturated rings. The predicted molar refractivity (Wildman–Crippen MR) is 59.5 cm³/mol. The number of ether oxygens (including phenoxy) is 1. The largest absolute Gasteiger partial charge is 0.381 e. The van der Waals surface area contributed by atoms with Gasteiger partial charge in [0.2, 0.25) is 0 Å². The molecular formula is C11H18N2O3. The lowest BCUT2D eigenvalue weighted by atomic mass is 9.92. The smallest absolute Gasteiger partial charge is 0.360 e. The van der Waals surface area contributed by atoms with Gasteiger partial charge in [-0.3, -0.25) is 0 Å². The molecule has 0 radical (unpaired) electrons. The van der Waals surface area contributed by atoms with Crippen molar-refractivity contribution in [3.05, 3.63) is 21.7 Å². The first-order valence-corrected chi connectivity index (χ1v) is 5.81. The number of rotatable bonds is 4. The molecule has 2 rings (SSSR count). The van der Waals surface area contributed by atoms with Gasteiger partial charge in [0.15, 0.2) is 0 Å². The Morgan fingerprint density at radius 1 is 1.38 bits per heavy atom. The normalized spacial score (nSPS) is 17.8. The van der Waals surface area contributed by atoms with Crippen LogP contribution in [0.3, 0.4) is 0 Å². The van der Waals surface area contributed by atoms with Crippen LogP contribution in [-0.2, 0) is 11.2 Å². The number of aromatic amines is 1. The van der Waals surface area contributed by atoms with Gasteiger partial charge in [0, 0.05) is 19.1 Å². The highest BCUT2D eigenvalue weighted by molar-refractivity contribution is 5.20. The third-order valence-electron chi connectivity index (χ3n) is 3.09. The van der Waals surface area contributed by atoms with Crippen molar-refractivity contribution in [2.24, 2.45) is 5.73 Å². The molecular weight excluding hydrogens is 208 g/mol. The van der Waals surface area contributed by atoms with Crippen molar-refractivity contribution in [1.29, 1.82) is 0 Å². The Hall–Kier alpha value is -1.07. The van der Waals surface area contributed by atoms with Crippen LogP contribution in [0.4, 0.5) is 0 Å². The van der Waals surface area contributed by atoms with Crippen molar-refractivity contribution in [2.75, 3.05) is 19.8 Å². The summed E-state index contributed by atoms with van der Waals surface area (Å²) in [7, 11) is 0. The van der Waals surface area contributed by atoms with E-state index in [1.165, 1.54) is 0 Å². The molecule has 0 unspecified atom stereocenters. The molecule has 0 aliphatic carbocycles. The molecule has 1 saturated heterocycles. The number of nitrogens with two attached hydrogens (primary N) is 1. The number of aromatic nitrogens is 1. The van der Waals surface area contributed by atoms with Gasteiger partial charge in [-0.1, -0.05) is 0 Å². The number of hydrogen-bond acceptors (Lipinski definition) is 4. The Labute approximate surface area is 93.9 Å². The minimum Gasteiger partial charge on any atom is -0.381 e. The highest BCUT2D eigenvalue weighted by Crippen LogP contribution is 2.27. The van der Waals surface area contributed by atoms with Crippen LogP contribution >= 0.6 is 0 Å². The topological polar surface area (TPSA) is 81.2 Å². The van der Waals surface area contributed by atoms with Gasteiger partial charge in [0.05, 0.1) is 11.3 Å². The summed E-state index contributed by atoms with van der Waals surface area (Å²) in [5.74, 6) is 0.368. The van der Waals surface area contributed by atoms with E-state index < -0.39 is 0 Å². The van der Waals surface area contributed by atoms with E-state index in [1.54, 1.807) is 0 Å². The minimum absolute atomic E-state index is 0.241. The van der Waals surface area contributed by atoms with E-state index in [-0.39, 0.29) is 5.63 Å². The average molecular weight is 226 g/mol. The van der Waals surface area contributed by atoms with Gasteiger partial charge in [0.25, 0.3) is 0 Å². The van der Waals surface area contributed by atoms with E-state index in [0.717, 1.165) is 43.7 Å². The maximum Gasteiger partial charge on any atom is 0.360 e. The summed E-state index contributed by atoms with van der Waals surface area (Å²) in [6.07, 6.45) is 3.42. The molecule has 1 aromatic heterocycles. The fourth-order valence-electron chi connectivity index (χ4n) is 2.17. The van der Waals surface area contributed by atoms with Crippen molar-refractivity contribution in [2.45, 2.75) is 31.6 Å². The van der Waals surface area contributed by atoms with Gasteiger partial charge in [-0.15, -0.1) is 0 Å². The lowest BCUT2D eigenvalue weighted by Crippen LogP contribution is -2.17. The highest BCUT2D eigenvalue weighted by Gasteiger charge is 2.23. The van der Waals surface area contributed by atoms with E-state index >= 15 is 0 Å². The van der Waals surface area contributed by atoms with E-state index in [4.69, 9.17) is 15.0 Å². The van der Waals surface area contributed by atoms with Gasteiger partial charge in [-0.05, 0) is 32.2 Å². The number of nitrogens with one attached hydrogen (secondary N) is 1. The first kappa shape index (κ1) is 11.4. The lowest BCUT2D eigenvalue weighted by molar-refractivity contribution is 0.0836. The summed E-state index contributed by atoms with van der Waals surface area (Å²) in [4.78, 5) is 11.5. The second kappa shape index (κ2) is 5.32. The van der Waals surface area contributed by atoms with Crippen molar-refractivity contribution in [3.8, 4) is 0 Å². The van der Waals surface area contributed by atoms with Crippen LogP contribution in [0.15, 0.2) is 9.32 Å². The first-order chi connectivity index (χ1) is 7.83. The molecule has 1 aromatic rings. The minimum atomic E-state index is -0.241. The van der Waals surface area contributed by atoms with Gasteiger partial charge >= 0.3 is 5.63 Å². The fraction of sp³-hybridized carbons (Fsp3) is 0.727. The van der Waals surface area contributed by atoms with E-state index in [9.17, 15) is 4.79 Å². The Bertz CT molecular complexity index is 377. The molecule has 1 aliphatic heterocycles. The molecule has 5 nitrogen and oxygen atoms in total. The standard InChI is InChI=1S/C11H18N2O3/c12-5-1-2-9-10(13-16-11(9)14)8-3-6-15-7-4-8/h8,13H,1-7,12H2. The van der Waals surface area contributed by atoms with Crippen LogP contribution in [0.2, 0.25) is 0 Å². The zero-order valence-electron chi connectivity index (χ0n) is 9.33. The van der Waals surface area contributed by atoms with Gasteiger partial charge in [-0.25, -0.2) is 9.95 Å². The van der Waals surface area contributed by atoms with Gasteiger partial charge in [-0.2, -0.15) is 0 Å². The molecule has 0 bridgehead atoms. The maximum absolute atomic E-state index is 11.5. The molecule has 0 atom stereocenters. The molecule has 0 saturated carbocycles. The molecule has 90 valence electrons. The van der Waals surface area contributed by atoms with Crippen LogP contribution in [0.1, 0.15) is 36.4 Å². The lowest BCUT2D eigenvalue weighted by Gasteiger charge is -2.21. The zero-order valence-corrected chi connectivity index (χ0v) is 9.33. The SMILES string of the molecule is NCCCc1c(C2CCOCC2)[nH]oc1=O. The second-order valence-corrected chi connectivity index (χ2v) is 4.16. The number of H-pyrrole nitrogens is 1. The van der Waals surface area contributed by atoms with Crippen molar-refractivity contribution in [1.82, 2.24) is 5.16 Å². The van der Waals surface area contributed by atoms with Crippen LogP contribution in [0, 0.1) is 0 Å². The third-order valence-corrected chi connectivity index (χ3v) is 3.09. The molecule has 0 amide bonds. The Morgan fingerprint density at radius 3 is 2.81 bits per heavy atom. The summed E-state index contributed by atoms with van der Waals surface area (Å²) in [5, 5.41) is 2.77. The molecule has 0 aromatic carbocycles. The summed E-state index contributed by atoms with van der Waals surface area (Å²) in [6, 6.07) is 0. The Balaban J connectivity index is 2.15. The predicted octanol–water partition coefficient (Wildman–Crippen LogP) is 0.753. The molecule has 2 heterocycles. The van der Waals surface area contributed by atoms with Crippen molar-refractivity contribution >= 4 is 0 Å². The van der Waals surface area contributed by atoms with E-state index in [2.05, 4.69) is 5.16 Å². The average Bonchev–Trinajstić information content (AvgIpc) is 2.69. The summed E-state index contributed by atoms with van der Waals surface area (Å²) >= 11 is 0. The van der Waals surface area contributed by atoms with Gasteiger partial charge < -0.3 is 15.0 Å². The number of hydrogen-bond donors (Lipinski definition) is 2. The van der Waals surface area contributed by atoms with E-state index in [1.807, 2.05) is 0 Å².